The molecule has 0 aromatic carbocycles. The van der Waals surface area contributed by atoms with Crippen molar-refractivity contribution in [2.75, 3.05) is 17.2 Å². The van der Waals surface area contributed by atoms with Gasteiger partial charge in [-0.15, -0.1) is 0 Å². The molecule has 0 saturated heterocycles. The first-order chi connectivity index (χ1) is 9.13. The second kappa shape index (κ2) is 6.22. The van der Waals surface area contributed by atoms with Crippen LogP contribution in [0.5, 0.6) is 0 Å². The molecule has 5 nitrogen and oxygen atoms in total. The number of nitrogens with one attached hydrogen (secondary N) is 2. The summed E-state index contributed by atoms with van der Waals surface area (Å²) in [6, 6.07) is 5.73. The summed E-state index contributed by atoms with van der Waals surface area (Å²) in [6.45, 7) is 7.77. The summed E-state index contributed by atoms with van der Waals surface area (Å²) in [5.41, 5.74) is 0.934. The van der Waals surface area contributed by atoms with Crippen LogP contribution in [0, 0.1) is 12.8 Å². The molecule has 0 bridgehead atoms. The van der Waals surface area contributed by atoms with Crippen molar-refractivity contribution < 1.29 is 4.42 Å². The van der Waals surface area contributed by atoms with Crippen molar-refractivity contribution in [3.63, 3.8) is 0 Å². The zero-order chi connectivity index (χ0) is 13.7. The second-order valence-electron chi connectivity index (χ2n) is 4.93. The molecule has 102 valence electrons. The summed E-state index contributed by atoms with van der Waals surface area (Å²) in [7, 11) is 0. The minimum absolute atomic E-state index is 0.579. The molecule has 0 saturated carbocycles. The summed E-state index contributed by atoms with van der Waals surface area (Å²) in [4.78, 5) is 8.79. The Morgan fingerprint density at radius 3 is 2.79 bits per heavy atom. The van der Waals surface area contributed by atoms with Gasteiger partial charge in [0.1, 0.15) is 11.6 Å². The van der Waals surface area contributed by atoms with Gasteiger partial charge in [-0.3, -0.25) is 0 Å². The van der Waals surface area contributed by atoms with Crippen LogP contribution in [0.15, 0.2) is 28.9 Å². The Balaban J connectivity index is 1.99. The van der Waals surface area contributed by atoms with Crippen molar-refractivity contribution in [3.05, 3.63) is 35.9 Å². The molecule has 19 heavy (non-hydrogen) atoms. The Labute approximate surface area is 113 Å². The number of rotatable bonds is 6. The Kier molecular flexibility index (Phi) is 4.39. The van der Waals surface area contributed by atoms with Crippen molar-refractivity contribution in [2.45, 2.75) is 27.3 Å². The van der Waals surface area contributed by atoms with Gasteiger partial charge in [-0.1, -0.05) is 13.8 Å². The second-order valence-corrected chi connectivity index (χ2v) is 4.93. The van der Waals surface area contributed by atoms with Gasteiger partial charge < -0.3 is 15.1 Å². The van der Waals surface area contributed by atoms with E-state index in [1.54, 1.807) is 6.26 Å². The zero-order valence-corrected chi connectivity index (χ0v) is 11.6. The monoisotopic (exact) mass is 260 g/mol. The van der Waals surface area contributed by atoms with Gasteiger partial charge in [0.25, 0.3) is 0 Å². The van der Waals surface area contributed by atoms with Gasteiger partial charge in [-0.25, -0.2) is 4.98 Å². The molecule has 2 N–H and O–H groups in total. The predicted octanol–water partition coefficient (Wildman–Crippen LogP) is 3.06. The molecular weight excluding hydrogens is 240 g/mol. The first-order valence-corrected chi connectivity index (χ1v) is 6.49. The maximum atomic E-state index is 5.26. The summed E-state index contributed by atoms with van der Waals surface area (Å²) in [5.74, 6) is 2.90. The topological polar surface area (TPSA) is 63.0 Å². The third-order valence-electron chi connectivity index (χ3n) is 2.55. The molecule has 0 unspecified atom stereocenters. The fraction of sp³-hybridized carbons (Fsp3) is 0.429. The van der Waals surface area contributed by atoms with Crippen LogP contribution in [0.2, 0.25) is 0 Å². The van der Waals surface area contributed by atoms with Gasteiger partial charge in [-0.2, -0.15) is 4.98 Å². The highest BCUT2D eigenvalue weighted by Gasteiger charge is 2.03. The van der Waals surface area contributed by atoms with Gasteiger partial charge in [0.15, 0.2) is 0 Å². The van der Waals surface area contributed by atoms with E-state index < -0.39 is 0 Å². The average Bonchev–Trinajstić information content (AvgIpc) is 2.86. The van der Waals surface area contributed by atoms with E-state index in [0.717, 1.165) is 23.8 Å². The number of hydrogen-bond acceptors (Lipinski definition) is 5. The molecule has 0 aliphatic rings. The summed E-state index contributed by atoms with van der Waals surface area (Å²) >= 11 is 0. The lowest BCUT2D eigenvalue weighted by atomic mass is 10.2. The van der Waals surface area contributed by atoms with Gasteiger partial charge >= 0.3 is 0 Å². The smallest absolute Gasteiger partial charge is 0.225 e. The predicted molar refractivity (Wildman–Crippen MR) is 76.1 cm³/mol. The number of aryl methyl sites for hydroxylation is 1. The van der Waals surface area contributed by atoms with E-state index in [1.165, 1.54) is 0 Å². The van der Waals surface area contributed by atoms with E-state index in [2.05, 4.69) is 34.4 Å². The highest BCUT2D eigenvalue weighted by atomic mass is 16.3. The highest BCUT2D eigenvalue weighted by Crippen LogP contribution is 2.11. The standard InChI is InChI=1S/C14H20N4O/c1-10(2)8-15-13-7-11(3)17-14(18-13)16-9-12-5-4-6-19-12/h4-7,10H,8-9H2,1-3H3,(H2,15,16,17,18). The van der Waals surface area contributed by atoms with Crippen LogP contribution < -0.4 is 10.6 Å². The summed E-state index contributed by atoms with van der Waals surface area (Å²) < 4.78 is 5.26. The van der Waals surface area contributed by atoms with Gasteiger partial charge in [0, 0.05) is 18.3 Å². The van der Waals surface area contributed by atoms with Crippen molar-refractivity contribution in [2.24, 2.45) is 5.92 Å². The van der Waals surface area contributed by atoms with Crippen molar-refractivity contribution >= 4 is 11.8 Å². The lowest BCUT2D eigenvalue weighted by Gasteiger charge is -2.10. The Morgan fingerprint density at radius 2 is 2.11 bits per heavy atom. The SMILES string of the molecule is Cc1cc(NCC(C)C)nc(NCc2ccco2)n1. The first-order valence-electron chi connectivity index (χ1n) is 6.49. The largest absolute Gasteiger partial charge is 0.467 e. The Bertz CT molecular complexity index is 508. The average molecular weight is 260 g/mol. The number of aromatic nitrogens is 2. The summed E-state index contributed by atoms with van der Waals surface area (Å²) in [6.07, 6.45) is 1.66. The maximum absolute atomic E-state index is 5.26. The van der Waals surface area contributed by atoms with E-state index in [9.17, 15) is 0 Å². The Hall–Kier alpha value is -2.04. The molecule has 5 heteroatoms. The molecule has 0 amide bonds. The van der Waals surface area contributed by atoms with Crippen LogP contribution in [-0.2, 0) is 6.54 Å². The Morgan fingerprint density at radius 1 is 1.26 bits per heavy atom. The molecule has 2 aromatic heterocycles. The van der Waals surface area contributed by atoms with Crippen LogP contribution in [0.1, 0.15) is 25.3 Å². The fourth-order valence-electron chi connectivity index (χ4n) is 1.63. The van der Waals surface area contributed by atoms with Crippen molar-refractivity contribution in [1.29, 1.82) is 0 Å². The third kappa shape index (κ3) is 4.28. The molecule has 0 radical (unpaired) electrons. The minimum Gasteiger partial charge on any atom is -0.467 e. The minimum atomic E-state index is 0.579. The number of hydrogen-bond donors (Lipinski definition) is 2. The lowest BCUT2D eigenvalue weighted by Crippen LogP contribution is -2.11. The normalized spacial score (nSPS) is 10.7. The fourth-order valence-corrected chi connectivity index (χ4v) is 1.63. The van der Waals surface area contributed by atoms with Gasteiger partial charge in [0.05, 0.1) is 12.8 Å². The first kappa shape index (κ1) is 13.4. The van der Waals surface area contributed by atoms with Crippen LogP contribution in [-0.4, -0.2) is 16.5 Å². The third-order valence-corrected chi connectivity index (χ3v) is 2.55. The van der Waals surface area contributed by atoms with Crippen LogP contribution in [0.4, 0.5) is 11.8 Å². The van der Waals surface area contributed by atoms with E-state index in [-0.39, 0.29) is 0 Å². The molecule has 0 fully saturated rings. The molecular formula is C14H20N4O. The highest BCUT2D eigenvalue weighted by molar-refractivity contribution is 5.42. The summed E-state index contributed by atoms with van der Waals surface area (Å²) in [5, 5.41) is 6.46. The molecule has 2 rings (SSSR count). The van der Waals surface area contributed by atoms with Crippen molar-refractivity contribution in [3.8, 4) is 0 Å². The van der Waals surface area contributed by atoms with Gasteiger partial charge in [0.2, 0.25) is 5.95 Å². The maximum Gasteiger partial charge on any atom is 0.225 e. The van der Waals surface area contributed by atoms with Crippen LogP contribution in [0.3, 0.4) is 0 Å². The number of nitrogens with zero attached hydrogens (tertiary/aromatic N) is 2. The van der Waals surface area contributed by atoms with E-state index >= 15 is 0 Å². The van der Waals surface area contributed by atoms with E-state index in [1.807, 2.05) is 25.1 Å². The van der Waals surface area contributed by atoms with Crippen LogP contribution >= 0.6 is 0 Å². The molecule has 0 spiro atoms. The molecule has 0 aliphatic heterocycles. The molecule has 0 aliphatic carbocycles. The number of furan rings is 1. The molecule has 0 atom stereocenters. The quantitative estimate of drug-likeness (QED) is 0.835. The van der Waals surface area contributed by atoms with Crippen molar-refractivity contribution in [1.82, 2.24) is 9.97 Å². The number of anilines is 2. The van der Waals surface area contributed by atoms with Crippen LogP contribution in [0.25, 0.3) is 0 Å². The molecule has 2 heterocycles. The van der Waals surface area contributed by atoms with E-state index in [4.69, 9.17) is 4.42 Å². The van der Waals surface area contributed by atoms with E-state index in [0.29, 0.717) is 18.4 Å². The molecule has 2 aromatic rings. The zero-order valence-electron chi connectivity index (χ0n) is 11.6. The van der Waals surface area contributed by atoms with Gasteiger partial charge in [-0.05, 0) is 25.0 Å². The lowest BCUT2D eigenvalue weighted by molar-refractivity contribution is 0.517.